The van der Waals surface area contributed by atoms with Gasteiger partial charge in [0.05, 0.1) is 15.6 Å². The van der Waals surface area contributed by atoms with Gasteiger partial charge < -0.3 is 10.4 Å². The summed E-state index contributed by atoms with van der Waals surface area (Å²) in [6.45, 7) is 3.39. The van der Waals surface area contributed by atoms with Gasteiger partial charge in [-0.15, -0.1) is 5.10 Å². The number of carbonyl (C=O) groups is 1. The second kappa shape index (κ2) is 7.46. The lowest BCUT2D eigenvalue weighted by atomic mass is 10.1. The molecule has 1 aromatic heterocycles. The monoisotopic (exact) mass is 456 g/mol. The number of carbonyl (C=O) groups excluding carboxylic acids is 1. The summed E-state index contributed by atoms with van der Waals surface area (Å²) in [4.78, 5) is 23.1. The molecule has 0 spiro atoms. The van der Waals surface area contributed by atoms with Crippen LogP contribution in [0.25, 0.3) is 0 Å². The minimum Gasteiger partial charge on any atom is -0.373 e. The minimum absolute atomic E-state index is 0.262. The Bertz CT molecular complexity index is 1110. The zero-order valence-electron chi connectivity index (χ0n) is 15.2. The Morgan fingerprint density at radius 2 is 1.93 bits per heavy atom. The number of aliphatic hydroxyl groups is 1. The van der Waals surface area contributed by atoms with Crippen molar-refractivity contribution in [2.45, 2.75) is 48.6 Å². The summed E-state index contributed by atoms with van der Waals surface area (Å²) < 4.78 is 64.7. The highest BCUT2D eigenvalue weighted by Crippen LogP contribution is 2.33. The number of hydrogen-bond donors (Lipinski definition) is 3. The van der Waals surface area contributed by atoms with Gasteiger partial charge in [-0.3, -0.25) is 9.36 Å². The van der Waals surface area contributed by atoms with Crippen LogP contribution in [0, 0.1) is 0 Å². The van der Waals surface area contributed by atoms with Gasteiger partial charge in [0.15, 0.2) is 0 Å². The fraction of sp³-hybridized carbons (Fsp3) is 0.400. The van der Waals surface area contributed by atoms with Crippen LogP contribution in [0.3, 0.4) is 0 Å². The van der Waals surface area contributed by atoms with E-state index in [4.69, 9.17) is 11.6 Å². The number of benzene rings is 1. The van der Waals surface area contributed by atoms with E-state index in [2.05, 4.69) is 5.10 Å². The lowest BCUT2D eigenvalue weighted by Gasteiger charge is -2.25. The second-order valence-electron chi connectivity index (χ2n) is 6.44. The van der Waals surface area contributed by atoms with Gasteiger partial charge in [-0.2, -0.15) is 13.2 Å². The summed E-state index contributed by atoms with van der Waals surface area (Å²) in [6, 6.07) is 2.25. The van der Waals surface area contributed by atoms with E-state index in [-0.39, 0.29) is 12.6 Å². The van der Waals surface area contributed by atoms with E-state index in [1.807, 2.05) is 5.10 Å². The zero-order valence-corrected chi connectivity index (χ0v) is 16.8. The molecule has 29 heavy (non-hydrogen) atoms. The fourth-order valence-electron chi connectivity index (χ4n) is 2.18. The maximum Gasteiger partial charge on any atom is 0.426 e. The van der Waals surface area contributed by atoms with E-state index < -0.39 is 54.3 Å². The summed E-state index contributed by atoms with van der Waals surface area (Å²) in [5.41, 5.74) is -4.80. The van der Waals surface area contributed by atoms with Crippen molar-refractivity contribution in [1.29, 1.82) is 0 Å². The van der Waals surface area contributed by atoms with Gasteiger partial charge in [0.2, 0.25) is 15.4 Å². The molecule has 0 aliphatic rings. The number of aromatic amines is 1. The van der Waals surface area contributed by atoms with Gasteiger partial charge in [-0.25, -0.2) is 18.3 Å². The number of halogens is 4. The molecule has 1 amide bonds. The van der Waals surface area contributed by atoms with Crippen molar-refractivity contribution in [3.63, 3.8) is 0 Å². The first-order valence-corrected chi connectivity index (χ1v) is 9.79. The standard InChI is InChI=1S/C15H16ClF3N4O5S/c1-7(2)23-12(25)21-22-13(23)29(27,28)8-4-5-10(9(16)6-8)20-11(24)14(3,26)15(17,18)19/h4-7,26H,1-3H3,(H,20,24)(H,21,25)/t14-/m1/s1. The Hall–Kier alpha value is -2.38. The first kappa shape index (κ1) is 22.9. The Kier molecular flexibility index (Phi) is 5.89. The maximum atomic E-state index is 12.8. The van der Waals surface area contributed by atoms with Crippen molar-refractivity contribution >= 4 is 33.0 Å². The molecule has 160 valence electrons. The van der Waals surface area contributed by atoms with E-state index in [9.17, 15) is 36.3 Å². The van der Waals surface area contributed by atoms with Gasteiger partial charge in [0.25, 0.3) is 11.1 Å². The molecule has 0 saturated heterocycles. The molecule has 14 heteroatoms. The molecule has 9 nitrogen and oxygen atoms in total. The quantitative estimate of drug-likeness (QED) is 0.629. The number of nitrogens with one attached hydrogen (secondary N) is 2. The molecule has 1 aromatic carbocycles. The van der Waals surface area contributed by atoms with Crippen LogP contribution in [0.2, 0.25) is 5.02 Å². The number of amides is 1. The number of alkyl halides is 3. The molecule has 1 heterocycles. The van der Waals surface area contributed by atoms with Crippen LogP contribution in [-0.2, 0) is 14.6 Å². The first-order chi connectivity index (χ1) is 13.1. The average molecular weight is 457 g/mol. The molecular weight excluding hydrogens is 441 g/mol. The van der Waals surface area contributed by atoms with Crippen LogP contribution >= 0.6 is 11.6 Å². The molecule has 0 bridgehead atoms. The summed E-state index contributed by atoms with van der Waals surface area (Å²) in [5.74, 6) is -1.80. The van der Waals surface area contributed by atoms with E-state index in [0.29, 0.717) is 0 Å². The summed E-state index contributed by atoms with van der Waals surface area (Å²) >= 11 is 5.90. The van der Waals surface area contributed by atoms with Gasteiger partial charge in [-0.1, -0.05) is 11.6 Å². The molecule has 0 aliphatic heterocycles. The smallest absolute Gasteiger partial charge is 0.373 e. The lowest BCUT2D eigenvalue weighted by Crippen LogP contribution is -2.52. The molecule has 0 aliphatic carbocycles. The van der Waals surface area contributed by atoms with Crippen molar-refractivity contribution in [3.05, 3.63) is 33.7 Å². The summed E-state index contributed by atoms with van der Waals surface area (Å²) in [7, 11) is -4.32. The van der Waals surface area contributed by atoms with Gasteiger partial charge in [-0.05, 0) is 39.0 Å². The van der Waals surface area contributed by atoms with E-state index >= 15 is 0 Å². The van der Waals surface area contributed by atoms with Crippen molar-refractivity contribution < 1.29 is 31.5 Å². The van der Waals surface area contributed by atoms with Crippen LogP contribution < -0.4 is 11.0 Å². The van der Waals surface area contributed by atoms with Gasteiger partial charge in [0, 0.05) is 6.04 Å². The first-order valence-electron chi connectivity index (χ1n) is 7.92. The molecular formula is C15H16ClF3N4O5S. The van der Waals surface area contributed by atoms with Crippen LogP contribution in [0.15, 0.2) is 33.0 Å². The Balaban J connectivity index is 2.42. The van der Waals surface area contributed by atoms with Crippen LogP contribution in [-0.4, -0.2) is 46.0 Å². The number of hydrogen-bond acceptors (Lipinski definition) is 6. The topological polar surface area (TPSA) is 134 Å². The van der Waals surface area contributed by atoms with Crippen molar-refractivity contribution in [2.24, 2.45) is 0 Å². The highest BCUT2D eigenvalue weighted by atomic mass is 35.5. The molecule has 0 fully saturated rings. The fourth-order valence-corrected chi connectivity index (χ4v) is 3.92. The van der Waals surface area contributed by atoms with Crippen LogP contribution in [0.5, 0.6) is 0 Å². The van der Waals surface area contributed by atoms with Gasteiger partial charge in [0.1, 0.15) is 0 Å². The number of nitrogens with zero attached hydrogens (tertiary/aromatic N) is 2. The molecule has 0 unspecified atom stereocenters. The second-order valence-corrected chi connectivity index (χ2v) is 8.69. The number of rotatable bonds is 5. The SMILES string of the molecule is CC(C)n1c(S(=O)(=O)c2ccc(NC(=O)[C@@](C)(O)C(F)(F)F)c(Cl)c2)n[nH]c1=O. The predicted octanol–water partition coefficient (Wildman–Crippen LogP) is 1.89. The Morgan fingerprint density at radius 3 is 2.41 bits per heavy atom. The minimum atomic E-state index is -5.24. The highest BCUT2D eigenvalue weighted by molar-refractivity contribution is 7.91. The van der Waals surface area contributed by atoms with Gasteiger partial charge >= 0.3 is 11.9 Å². The molecule has 1 atom stereocenters. The van der Waals surface area contributed by atoms with Crippen molar-refractivity contribution in [3.8, 4) is 0 Å². The number of H-pyrrole nitrogens is 1. The summed E-state index contributed by atoms with van der Waals surface area (Å²) in [6.07, 6.45) is -5.24. The highest BCUT2D eigenvalue weighted by Gasteiger charge is 2.55. The molecule has 0 radical (unpaired) electrons. The normalized spacial score (nSPS) is 14.7. The molecule has 0 saturated carbocycles. The molecule has 3 N–H and O–H groups in total. The third-order valence-electron chi connectivity index (χ3n) is 3.92. The largest absolute Gasteiger partial charge is 0.426 e. The number of sulfone groups is 1. The lowest BCUT2D eigenvalue weighted by molar-refractivity contribution is -0.242. The van der Waals surface area contributed by atoms with Crippen LogP contribution in [0.4, 0.5) is 18.9 Å². The Labute approximate surface area is 167 Å². The number of anilines is 1. The number of aromatic nitrogens is 3. The van der Waals surface area contributed by atoms with E-state index in [1.165, 1.54) is 0 Å². The summed E-state index contributed by atoms with van der Waals surface area (Å²) in [5, 5.41) is 15.7. The van der Waals surface area contributed by atoms with Crippen LogP contribution in [0.1, 0.15) is 26.8 Å². The van der Waals surface area contributed by atoms with Crippen molar-refractivity contribution in [2.75, 3.05) is 5.32 Å². The Morgan fingerprint density at radius 1 is 1.34 bits per heavy atom. The zero-order chi connectivity index (χ0) is 22.4. The molecule has 2 aromatic rings. The van der Waals surface area contributed by atoms with Crippen molar-refractivity contribution in [1.82, 2.24) is 14.8 Å². The third-order valence-corrected chi connectivity index (χ3v) is 5.88. The third kappa shape index (κ3) is 4.16. The van der Waals surface area contributed by atoms with E-state index in [1.54, 1.807) is 19.2 Å². The predicted molar refractivity (Wildman–Crippen MR) is 95.4 cm³/mol. The maximum absolute atomic E-state index is 12.8. The molecule has 2 rings (SSSR count). The average Bonchev–Trinajstić information content (AvgIpc) is 2.98. The van der Waals surface area contributed by atoms with E-state index in [0.717, 1.165) is 22.8 Å².